The van der Waals surface area contributed by atoms with Crippen LogP contribution in [0.2, 0.25) is 0 Å². The number of halogens is 1. The summed E-state index contributed by atoms with van der Waals surface area (Å²) in [5, 5.41) is 3.10. The zero-order valence-corrected chi connectivity index (χ0v) is 19.6. The molecule has 3 N–H and O–H groups in total. The highest BCUT2D eigenvalue weighted by Gasteiger charge is 2.14. The largest absolute Gasteiger partial charge is 0.497 e. The fourth-order valence-electron chi connectivity index (χ4n) is 2.82. The standard InChI is InChI=1S/C21H30N4O2.HI/c1-6-15-7-9-16(10-8-15)19(25(2)3)14-23-21(22)24-18-13-17(26-4)11-12-20(18)27-5;/h7-13,19H,6,14H2,1-5H3,(H3,22,23,24);1H. The number of aliphatic imine (C=N–C) groups is 1. The van der Waals surface area contributed by atoms with Gasteiger partial charge in [0.15, 0.2) is 5.96 Å². The van der Waals surface area contributed by atoms with Crippen LogP contribution in [0, 0.1) is 0 Å². The van der Waals surface area contributed by atoms with Crippen molar-refractivity contribution in [2.45, 2.75) is 19.4 Å². The number of anilines is 1. The Morgan fingerprint density at radius 3 is 2.32 bits per heavy atom. The van der Waals surface area contributed by atoms with Crippen LogP contribution < -0.4 is 20.5 Å². The molecule has 0 aliphatic rings. The van der Waals surface area contributed by atoms with E-state index in [1.165, 1.54) is 11.1 Å². The van der Waals surface area contributed by atoms with Crippen molar-refractivity contribution < 1.29 is 9.47 Å². The molecule has 0 radical (unpaired) electrons. The summed E-state index contributed by atoms with van der Waals surface area (Å²) in [6.07, 6.45) is 1.03. The molecule has 1 atom stereocenters. The average Bonchev–Trinajstić information content (AvgIpc) is 2.68. The molecule has 0 fully saturated rings. The molecule has 0 aliphatic carbocycles. The van der Waals surface area contributed by atoms with Gasteiger partial charge in [-0.05, 0) is 43.8 Å². The van der Waals surface area contributed by atoms with Crippen molar-refractivity contribution in [3.8, 4) is 11.5 Å². The van der Waals surface area contributed by atoms with Gasteiger partial charge in [0.25, 0.3) is 0 Å². The lowest BCUT2D eigenvalue weighted by atomic mass is 10.0. The molecule has 2 rings (SSSR count). The third kappa shape index (κ3) is 6.56. The van der Waals surface area contributed by atoms with Crippen LogP contribution in [0.1, 0.15) is 24.1 Å². The second kappa shape index (κ2) is 11.8. The minimum atomic E-state index is 0. The lowest BCUT2D eigenvalue weighted by molar-refractivity contribution is 0.306. The molecule has 0 saturated carbocycles. The van der Waals surface area contributed by atoms with Gasteiger partial charge in [-0.1, -0.05) is 31.2 Å². The number of guanidine groups is 1. The third-order valence-corrected chi connectivity index (χ3v) is 4.50. The highest BCUT2D eigenvalue weighted by Crippen LogP contribution is 2.28. The monoisotopic (exact) mass is 498 g/mol. The van der Waals surface area contributed by atoms with E-state index in [-0.39, 0.29) is 30.0 Å². The summed E-state index contributed by atoms with van der Waals surface area (Å²) >= 11 is 0. The molecule has 154 valence electrons. The van der Waals surface area contributed by atoms with E-state index in [1.54, 1.807) is 14.2 Å². The third-order valence-electron chi connectivity index (χ3n) is 4.50. The Morgan fingerprint density at radius 2 is 1.79 bits per heavy atom. The van der Waals surface area contributed by atoms with Crippen molar-refractivity contribution in [2.75, 3.05) is 40.2 Å². The smallest absolute Gasteiger partial charge is 0.193 e. The number of hydrogen-bond donors (Lipinski definition) is 2. The van der Waals surface area contributed by atoms with Crippen LogP contribution >= 0.6 is 24.0 Å². The number of rotatable bonds is 8. The van der Waals surface area contributed by atoms with Gasteiger partial charge in [0.1, 0.15) is 11.5 Å². The molecule has 1 unspecified atom stereocenters. The van der Waals surface area contributed by atoms with E-state index < -0.39 is 0 Å². The van der Waals surface area contributed by atoms with Gasteiger partial charge in [-0.15, -0.1) is 24.0 Å². The molecule has 0 bridgehead atoms. The molecule has 6 nitrogen and oxygen atoms in total. The Bertz CT molecular complexity index is 764. The first-order valence-corrected chi connectivity index (χ1v) is 9.02. The van der Waals surface area contributed by atoms with Crippen molar-refractivity contribution in [3.05, 3.63) is 53.6 Å². The van der Waals surface area contributed by atoms with E-state index in [1.807, 2.05) is 32.3 Å². The molecule has 2 aromatic carbocycles. The molecule has 0 aromatic heterocycles. The van der Waals surface area contributed by atoms with Crippen LogP contribution in [0.25, 0.3) is 0 Å². The minimum Gasteiger partial charge on any atom is -0.497 e. The number of hydrogen-bond acceptors (Lipinski definition) is 4. The Morgan fingerprint density at radius 1 is 1.11 bits per heavy atom. The Balaban J connectivity index is 0.00000392. The molecule has 0 heterocycles. The number of methoxy groups -OCH3 is 2. The van der Waals surface area contributed by atoms with Crippen molar-refractivity contribution in [1.82, 2.24) is 4.90 Å². The number of aryl methyl sites for hydroxylation is 1. The predicted octanol–water partition coefficient (Wildman–Crippen LogP) is 3.91. The first-order valence-electron chi connectivity index (χ1n) is 9.02. The number of nitrogens with two attached hydrogens (primary N) is 1. The van der Waals surface area contributed by atoms with Crippen molar-refractivity contribution in [3.63, 3.8) is 0 Å². The highest BCUT2D eigenvalue weighted by molar-refractivity contribution is 14.0. The summed E-state index contributed by atoms with van der Waals surface area (Å²) in [5.41, 5.74) is 9.37. The van der Waals surface area contributed by atoms with E-state index in [0.29, 0.717) is 29.7 Å². The van der Waals surface area contributed by atoms with Gasteiger partial charge >= 0.3 is 0 Å². The lowest BCUT2D eigenvalue weighted by Crippen LogP contribution is -2.27. The molecule has 0 amide bonds. The number of likely N-dealkylation sites (N-methyl/N-ethyl adjacent to an activating group) is 1. The van der Waals surface area contributed by atoms with Crippen molar-refractivity contribution >= 4 is 35.6 Å². The number of benzene rings is 2. The topological polar surface area (TPSA) is 72.1 Å². The van der Waals surface area contributed by atoms with Gasteiger partial charge in [-0.3, -0.25) is 4.99 Å². The summed E-state index contributed by atoms with van der Waals surface area (Å²) in [4.78, 5) is 6.68. The van der Waals surface area contributed by atoms with Crippen LogP contribution in [0.5, 0.6) is 11.5 Å². The zero-order valence-electron chi connectivity index (χ0n) is 17.2. The van der Waals surface area contributed by atoms with Crippen molar-refractivity contribution in [2.24, 2.45) is 10.7 Å². The van der Waals surface area contributed by atoms with Crippen molar-refractivity contribution in [1.29, 1.82) is 0 Å². The van der Waals surface area contributed by atoms with E-state index >= 15 is 0 Å². The Kier molecular flexibility index (Phi) is 10.1. The van der Waals surface area contributed by atoms with E-state index in [0.717, 1.165) is 6.42 Å². The summed E-state index contributed by atoms with van der Waals surface area (Å²) in [6, 6.07) is 14.3. The summed E-state index contributed by atoms with van der Waals surface area (Å²) < 4.78 is 10.6. The molecule has 2 aromatic rings. The van der Waals surface area contributed by atoms with Crippen LogP contribution in [-0.4, -0.2) is 45.7 Å². The van der Waals surface area contributed by atoms with Crippen LogP contribution in [0.3, 0.4) is 0 Å². The maximum Gasteiger partial charge on any atom is 0.193 e. The molecule has 7 heteroatoms. The predicted molar refractivity (Wildman–Crippen MR) is 127 cm³/mol. The van der Waals surface area contributed by atoms with Gasteiger partial charge in [0, 0.05) is 6.07 Å². The normalized spacial score (nSPS) is 12.3. The Labute approximate surface area is 185 Å². The van der Waals surface area contributed by atoms with Crippen LogP contribution in [-0.2, 0) is 6.42 Å². The summed E-state index contributed by atoms with van der Waals surface area (Å²) in [7, 11) is 7.32. The average molecular weight is 498 g/mol. The van der Waals surface area contributed by atoms with Gasteiger partial charge in [0.2, 0.25) is 0 Å². The molecular formula is C21H31IN4O2. The maximum atomic E-state index is 6.12. The number of ether oxygens (including phenoxy) is 2. The summed E-state index contributed by atoms with van der Waals surface area (Å²) in [5.74, 6) is 1.72. The van der Waals surface area contributed by atoms with Gasteiger partial charge in [-0.2, -0.15) is 0 Å². The zero-order chi connectivity index (χ0) is 19.8. The maximum absolute atomic E-state index is 6.12. The van der Waals surface area contributed by atoms with Gasteiger partial charge in [0.05, 0.1) is 32.5 Å². The minimum absolute atomic E-state index is 0. The fourth-order valence-corrected chi connectivity index (χ4v) is 2.82. The Hall–Kier alpha value is -2.00. The molecular weight excluding hydrogens is 467 g/mol. The molecule has 0 saturated heterocycles. The quantitative estimate of drug-likeness (QED) is 0.328. The first-order chi connectivity index (χ1) is 13.0. The fraction of sp³-hybridized carbons (Fsp3) is 0.381. The molecule has 0 aliphatic heterocycles. The second-order valence-electron chi connectivity index (χ2n) is 6.49. The molecule has 28 heavy (non-hydrogen) atoms. The highest BCUT2D eigenvalue weighted by atomic mass is 127. The van der Waals surface area contributed by atoms with E-state index in [2.05, 4.69) is 46.4 Å². The number of nitrogens with zero attached hydrogens (tertiary/aromatic N) is 2. The van der Waals surface area contributed by atoms with Gasteiger partial charge in [-0.25, -0.2) is 0 Å². The lowest BCUT2D eigenvalue weighted by Gasteiger charge is -2.23. The van der Waals surface area contributed by atoms with Gasteiger partial charge < -0.3 is 25.4 Å². The number of nitrogens with one attached hydrogen (secondary N) is 1. The summed E-state index contributed by atoms with van der Waals surface area (Å²) in [6.45, 7) is 2.70. The SMILES string of the molecule is CCc1ccc(C(CN=C(N)Nc2cc(OC)ccc2OC)N(C)C)cc1.I. The van der Waals surface area contributed by atoms with Crippen LogP contribution in [0.4, 0.5) is 5.69 Å². The van der Waals surface area contributed by atoms with Crippen LogP contribution in [0.15, 0.2) is 47.5 Å². The first kappa shape index (κ1) is 24.0. The molecule has 0 spiro atoms. The second-order valence-corrected chi connectivity index (χ2v) is 6.49. The van der Waals surface area contributed by atoms with E-state index in [9.17, 15) is 0 Å². The van der Waals surface area contributed by atoms with E-state index in [4.69, 9.17) is 15.2 Å².